The van der Waals surface area contributed by atoms with Crippen molar-refractivity contribution in [2.45, 2.75) is 25.7 Å². The van der Waals surface area contributed by atoms with Crippen LogP contribution in [0.3, 0.4) is 0 Å². The summed E-state index contributed by atoms with van der Waals surface area (Å²) >= 11 is 0. The van der Waals surface area contributed by atoms with Gasteiger partial charge in [0.2, 0.25) is 5.90 Å². The number of aliphatic hydroxyl groups excluding tert-OH is 1. The molecule has 0 saturated heterocycles. The number of benzene rings is 3. The second-order valence-corrected chi connectivity index (χ2v) is 8.39. The maximum Gasteiger partial charge on any atom is 0.210 e. The third-order valence-corrected chi connectivity index (χ3v) is 6.22. The van der Waals surface area contributed by atoms with Gasteiger partial charge in [-0.05, 0) is 74.4 Å². The molecule has 5 nitrogen and oxygen atoms in total. The van der Waals surface area contributed by atoms with E-state index >= 15 is 0 Å². The Morgan fingerprint density at radius 3 is 2.24 bits per heavy atom. The molecule has 3 aromatic carbocycles. The molecule has 37 heavy (non-hydrogen) atoms. The van der Waals surface area contributed by atoms with Gasteiger partial charge < -0.3 is 20.2 Å². The van der Waals surface area contributed by atoms with Crippen LogP contribution < -0.4 is 9.64 Å². The third kappa shape index (κ3) is 6.06. The number of halogens is 3. The van der Waals surface area contributed by atoms with Gasteiger partial charge in [0.15, 0.2) is 11.6 Å². The van der Waals surface area contributed by atoms with Gasteiger partial charge in [-0.15, -0.1) is 0 Å². The normalized spacial score (nSPS) is 16.8. The molecule has 0 aromatic heterocycles. The molecular weight excluding hydrogens is 526 g/mol. The van der Waals surface area contributed by atoms with Crippen molar-refractivity contribution in [2.24, 2.45) is 0 Å². The van der Waals surface area contributed by atoms with E-state index < -0.39 is 22.9 Å². The van der Waals surface area contributed by atoms with E-state index in [1.165, 1.54) is 0 Å². The maximum absolute atomic E-state index is 14.4. The van der Waals surface area contributed by atoms with Crippen LogP contribution in [0.4, 0.5) is 18.9 Å². The minimum Gasteiger partial charge on any atom is -0.497 e. The van der Waals surface area contributed by atoms with Crippen LogP contribution >= 0.6 is 0 Å². The fourth-order valence-electron chi connectivity index (χ4n) is 4.45. The summed E-state index contributed by atoms with van der Waals surface area (Å²) in [6.07, 6.45) is 2.68. The summed E-state index contributed by atoms with van der Waals surface area (Å²) < 4.78 is 47.8. The number of allylic oxidation sites excluding steroid dienone is 2. The summed E-state index contributed by atoms with van der Waals surface area (Å²) in [5.74, 6) is -2.81. The Bertz CT molecular complexity index is 1300. The maximum atomic E-state index is 14.4. The molecule has 1 unspecified atom stereocenters. The molecule has 4 rings (SSSR count). The summed E-state index contributed by atoms with van der Waals surface area (Å²) in [5, 5.41) is 22.9. The summed E-state index contributed by atoms with van der Waals surface area (Å²) in [6.45, 7) is 4.42. The number of hydrogen-bond donors (Lipinski definition) is 3. The molecule has 1 atom stereocenters. The van der Waals surface area contributed by atoms with Crippen LogP contribution in [0.15, 0.2) is 72.4 Å². The van der Waals surface area contributed by atoms with Gasteiger partial charge in [-0.25, -0.2) is 13.2 Å². The van der Waals surface area contributed by atoms with E-state index in [2.05, 4.69) is 0 Å². The van der Waals surface area contributed by atoms with Gasteiger partial charge in [0.05, 0.1) is 7.11 Å². The number of hydrogen-bond acceptors (Lipinski definition) is 4. The van der Waals surface area contributed by atoms with E-state index in [0.29, 0.717) is 17.9 Å². The number of nitrogens with zero attached hydrogens (tertiary/aromatic N) is 1. The molecular formula is C28H28CoF3N3O2. The molecule has 9 heteroatoms. The summed E-state index contributed by atoms with van der Waals surface area (Å²) in [6, 6.07) is 16.0. The van der Waals surface area contributed by atoms with Crippen molar-refractivity contribution in [3.63, 3.8) is 0 Å². The predicted molar refractivity (Wildman–Crippen MR) is 136 cm³/mol. The van der Waals surface area contributed by atoms with Crippen molar-refractivity contribution in [2.75, 3.05) is 18.6 Å². The molecule has 0 aliphatic carbocycles. The standard InChI is InChI=1S/C21H21F3N2O.C7H7NO.Co/c1-4-26-18-8-5-13(27-3)11-15(18)21(2,19(26)9-10-25)12-14-16(22)6-7-17(23)20(14)24;8-7(9)6-4-2-1-3-5-6;/h5-11,25H,4,12H2,1-3H3;1-5H,(H2,8,9);/b19-9-,25-10?;;. The predicted octanol–water partition coefficient (Wildman–Crippen LogP) is 6.55. The Kier molecular flexibility index (Phi) is 10.1. The van der Waals surface area contributed by atoms with E-state index in [0.717, 1.165) is 35.3 Å². The molecule has 0 saturated carbocycles. The first-order valence-electron chi connectivity index (χ1n) is 11.3. The third-order valence-electron chi connectivity index (χ3n) is 6.22. The van der Waals surface area contributed by atoms with Gasteiger partial charge in [-0.1, -0.05) is 18.2 Å². The molecule has 197 valence electrons. The zero-order valence-electron chi connectivity index (χ0n) is 20.6. The largest absolute Gasteiger partial charge is 0.497 e. The Morgan fingerprint density at radius 1 is 1.05 bits per heavy atom. The first-order chi connectivity index (χ1) is 17.2. The average Bonchev–Trinajstić information content (AvgIpc) is 3.12. The molecule has 0 amide bonds. The van der Waals surface area contributed by atoms with Crippen molar-refractivity contribution in [1.29, 1.82) is 10.8 Å². The topological polar surface area (TPSA) is 80.4 Å². The zero-order chi connectivity index (χ0) is 26.5. The number of rotatable bonds is 6. The van der Waals surface area contributed by atoms with Gasteiger partial charge in [-0.3, -0.25) is 5.41 Å². The fraction of sp³-hybridized carbons (Fsp3) is 0.214. The van der Waals surface area contributed by atoms with Gasteiger partial charge >= 0.3 is 0 Å². The molecule has 0 fully saturated rings. The molecule has 3 N–H and O–H groups in total. The van der Waals surface area contributed by atoms with Crippen LogP contribution in [-0.2, 0) is 28.6 Å². The molecule has 1 aliphatic heterocycles. The van der Waals surface area contributed by atoms with Crippen LogP contribution in [-0.4, -0.2) is 30.9 Å². The van der Waals surface area contributed by atoms with Gasteiger partial charge in [0.25, 0.3) is 0 Å². The van der Waals surface area contributed by atoms with Crippen molar-refractivity contribution in [1.82, 2.24) is 0 Å². The van der Waals surface area contributed by atoms with Crippen LogP contribution in [0.1, 0.15) is 30.5 Å². The second-order valence-electron chi connectivity index (χ2n) is 8.39. The Balaban J connectivity index is 0.000000408. The number of ether oxygens (including phenoxy) is 1. The average molecular weight is 554 g/mol. The molecule has 1 heterocycles. The monoisotopic (exact) mass is 554 g/mol. The fourth-order valence-corrected chi connectivity index (χ4v) is 4.45. The molecule has 1 radical (unpaired) electrons. The van der Waals surface area contributed by atoms with E-state index in [4.69, 9.17) is 20.7 Å². The van der Waals surface area contributed by atoms with Crippen LogP contribution in [0.2, 0.25) is 0 Å². The van der Waals surface area contributed by atoms with Crippen molar-refractivity contribution in [3.05, 3.63) is 107 Å². The Morgan fingerprint density at radius 2 is 1.70 bits per heavy atom. The van der Waals surface area contributed by atoms with E-state index in [9.17, 15) is 13.2 Å². The van der Waals surface area contributed by atoms with Crippen LogP contribution in [0, 0.1) is 28.3 Å². The van der Waals surface area contributed by atoms with Gasteiger partial charge in [-0.2, -0.15) is 0 Å². The first-order valence-corrected chi connectivity index (χ1v) is 11.3. The summed E-state index contributed by atoms with van der Waals surface area (Å²) in [7, 11) is 1.55. The number of nitrogens with one attached hydrogen (secondary N) is 2. The molecule has 3 aromatic rings. The van der Waals surface area contributed by atoms with Gasteiger partial charge in [0, 0.05) is 57.5 Å². The minimum atomic E-state index is -1.18. The smallest absolute Gasteiger partial charge is 0.210 e. The number of aliphatic hydroxyl groups is 1. The molecule has 1 aliphatic rings. The van der Waals surface area contributed by atoms with Crippen LogP contribution in [0.5, 0.6) is 5.75 Å². The zero-order valence-corrected chi connectivity index (χ0v) is 21.7. The molecule has 0 bridgehead atoms. The SMILES string of the molecule is CCN1/C(=C\C=N)C(C)(Cc2c(F)ccc(F)c2F)c2cc(OC)ccc21.N=C(O)c1ccccc1.[Co]. The number of methoxy groups -OCH3 is 1. The van der Waals surface area contributed by atoms with E-state index in [1.807, 2.05) is 43.0 Å². The minimum absolute atomic E-state index is 0. The molecule has 0 spiro atoms. The van der Waals surface area contributed by atoms with E-state index in [-0.39, 0.29) is 34.7 Å². The number of anilines is 1. The Labute approximate surface area is 224 Å². The first kappa shape index (κ1) is 29.7. The summed E-state index contributed by atoms with van der Waals surface area (Å²) in [5.41, 5.74) is 1.82. The van der Waals surface area contributed by atoms with Crippen LogP contribution in [0.25, 0.3) is 0 Å². The van der Waals surface area contributed by atoms with E-state index in [1.54, 1.807) is 37.5 Å². The van der Waals surface area contributed by atoms with Gasteiger partial charge in [0.1, 0.15) is 11.6 Å². The van der Waals surface area contributed by atoms with Crippen molar-refractivity contribution < 1.29 is 39.8 Å². The number of fused-ring (bicyclic) bond motifs is 1. The Hall–Kier alpha value is -3.56. The van der Waals surface area contributed by atoms with Crippen molar-refractivity contribution in [3.8, 4) is 5.75 Å². The van der Waals surface area contributed by atoms with Crippen molar-refractivity contribution >= 4 is 17.8 Å². The second kappa shape index (κ2) is 12.6. The number of likely N-dealkylation sites (N-methyl/N-ethyl adjacent to an activating group) is 1. The quantitative estimate of drug-likeness (QED) is 0.184. The summed E-state index contributed by atoms with van der Waals surface area (Å²) in [4.78, 5) is 1.99.